The van der Waals surface area contributed by atoms with Crippen molar-refractivity contribution in [1.29, 1.82) is 0 Å². The Morgan fingerprint density at radius 3 is 2.52 bits per heavy atom. The van der Waals surface area contributed by atoms with Crippen molar-refractivity contribution >= 4 is 39.7 Å². The summed E-state index contributed by atoms with van der Waals surface area (Å²) < 4.78 is 0.785. The van der Waals surface area contributed by atoms with Crippen molar-refractivity contribution in [2.24, 2.45) is 0 Å². The summed E-state index contributed by atoms with van der Waals surface area (Å²) in [6, 6.07) is 14.1. The summed E-state index contributed by atoms with van der Waals surface area (Å²) in [6.07, 6.45) is 0.972. The van der Waals surface area contributed by atoms with Gasteiger partial charge in [0.15, 0.2) is 10.1 Å². The van der Waals surface area contributed by atoms with E-state index in [0.29, 0.717) is 0 Å². The number of ketones is 1. The summed E-state index contributed by atoms with van der Waals surface area (Å²) in [5.74, 6) is 0.113. The Hall–Kier alpha value is -2.18. The number of Topliss-reactive ketones (excluding diaryl/α,β-unsaturated/α-hetero) is 1. The maximum Gasteiger partial charge on any atom is 0.210 e. The molecule has 0 aliphatic rings. The highest BCUT2D eigenvalue weighted by Gasteiger charge is 2.19. The van der Waals surface area contributed by atoms with E-state index in [9.17, 15) is 4.79 Å². The van der Waals surface area contributed by atoms with Crippen molar-refractivity contribution in [3.05, 3.63) is 64.7 Å². The molecule has 1 aromatic heterocycles. The van der Waals surface area contributed by atoms with Gasteiger partial charge in [-0.2, -0.15) is 0 Å². The molecule has 0 bridgehead atoms. The average Bonchev–Trinajstić information content (AvgIpc) is 3.11. The number of carbonyl (C=O) groups excluding carboxylic acids is 1. The van der Waals surface area contributed by atoms with E-state index >= 15 is 0 Å². The van der Waals surface area contributed by atoms with Crippen molar-refractivity contribution in [3.63, 3.8) is 0 Å². The van der Waals surface area contributed by atoms with Crippen molar-refractivity contribution in [2.75, 3.05) is 5.32 Å². The quantitative estimate of drug-likeness (QED) is 0.402. The van der Waals surface area contributed by atoms with Gasteiger partial charge < -0.3 is 5.32 Å². The highest BCUT2D eigenvalue weighted by atomic mass is 32.2. The highest BCUT2D eigenvalue weighted by Crippen LogP contribution is 2.32. The van der Waals surface area contributed by atoms with E-state index in [-0.39, 0.29) is 11.0 Å². The molecular weight excluding hydrogens is 374 g/mol. The summed E-state index contributed by atoms with van der Waals surface area (Å²) in [4.78, 5) is 12.6. The number of hydrogen-bond donors (Lipinski definition) is 1. The third-order valence-corrected chi connectivity index (χ3v) is 6.48. The summed E-state index contributed by atoms with van der Waals surface area (Å²) >= 11 is 2.91. The molecule has 1 heterocycles. The number of rotatable bonds is 7. The number of nitrogens with one attached hydrogen (secondary N) is 1. The topological polar surface area (TPSA) is 54.9 Å². The molecule has 0 fully saturated rings. The van der Waals surface area contributed by atoms with Crippen LogP contribution in [0.4, 0.5) is 10.8 Å². The molecule has 1 atom stereocenters. The number of nitrogens with zero attached hydrogens (tertiary/aromatic N) is 2. The van der Waals surface area contributed by atoms with Gasteiger partial charge in [-0.05, 0) is 56.0 Å². The van der Waals surface area contributed by atoms with Crippen LogP contribution in [0.2, 0.25) is 0 Å². The van der Waals surface area contributed by atoms with Gasteiger partial charge in [0.05, 0.1) is 5.25 Å². The number of benzene rings is 2. The van der Waals surface area contributed by atoms with Crippen LogP contribution in [0.1, 0.15) is 40.9 Å². The summed E-state index contributed by atoms with van der Waals surface area (Å²) in [5.41, 5.74) is 5.45. The van der Waals surface area contributed by atoms with Crippen LogP contribution < -0.4 is 5.32 Å². The Labute approximate surface area is 168 Å². The van der Waals surface area contributed by atoms with E-state index in [1.807, 2.05) is 37.3 Å². The lowest BCUT2D eigenvalue weighted by Gasteiger charge is -2.08. The number of carbonyl (C=O) groups is 1. The summed E-state index contributed by atoms with van der Waals surface area (Å²) in [6.45, 7) is 8.20. The minimum Gasteiger partial charge on any atom is -0.330 e. The van der Waals surface area contributed by atoms with Crippen molar-refractivity contribution in [3.8, 4) is 0 Å². The van der Waals surface area contributed by atoms with E-state index in [1.165, 1.54) is 39.8 Å². The molecule has 0 aliphatic heterocycles. The van der Waals surface area contributed by atoms with Gasteiger partial charge in [-0.25, -0.2) is 0 Å². The van der Waals surface area contributed by atoms with Crippen LogP contribution in [0.25, 0.3) is 0 Å². The zero-order valence-corrected chi connectivity index (χ0v) is 17.6. The minimum absolute atomic E-state index is 0.113. The number of aromatic nitrogens is 2. The molecule has 3 aromatic rings. The first-order valence-corrected chi connectivity index (χ1v) is 10.6. The van der Waals surface area contributed by atoms with Crippen molar-refractivity contribution < 1.29 is 4.79 Å². The second-order valence-corrected chi connectivity index (χ2v) is 9.04. The minimum atomic E-state index is -0.208. The SMILES string of the molecule is CCc1ccc(C(=O)[C@@H](C)Sc2nnc(Nc3ccc(C)c(C)c3)s2)cc1. The molecule has 0 saturated heterocycles. The zero-order valence-electron chi connectivity index (χ0n) is 15.9. The molecule has 0 saturated carbocycles. The van der Waals surface area contributed by atoms with Crippen LogP contribution in [0, 0.1) is 13.8 Å². The Kier molecular flexibility index (Phi) is 6.29. The van der Waals surface area contributed by atoms with E-state index in [4.69, 9.17) is 0 Å². The van der Waals surface area contributed by atoms with Crippen molar-refractivity contribution in [1.82, 2.24) is 10.2 Å². The lowest BCUT2D eigenvalue weighted by Crippen LogP contribution is -2.13. The van der Waals surface area contributed by atoms with Gasteiger partial charge in [0.2, 0.25) is 5.13 Å². The summed E-state index contributed by atoms with van der Waals surface area (Å²) in [7, 11) is 0. The smallest absolute Gasteiger partial charge is 0.210 e. The van der Waals surface area contributed by atoms with Crippen LogP contribution in [0.3, 0.4) is 0 Å². The molecule has 140 valence electrons. The van der Waals surface area contributed by atoms with Crippen LogP contribution in [-0.4, -0.2) is 21.2 Å². The molecule has 0 aliphatic carbocycles. The fourth-order valence-electron chi connectivity index (χ4n) is 2.59. The Bertz CT molecular complexity index is 935. The Balaban J connectivity index is 1.63. The molecule has 0 radical (unpaired) electrons. The molecular formula is C21H23N3OS2. The van der Waals surface area contributed by atoms with Gasteiger partial charge in [0, 0.05) is 11.3 Å². The van der Waals surface area contributed by atoms with Gasteiger partial charge in [-0.3, -0.25) is 4.79 Å². The molecule has 0 unspecified atom stereocenters. The molecule has 27 heavy (non-hydrogen) atoms. The fourth-order valence-corrected chi connectivity index (χ4v) is 4.59. The third kappa shape index (κ3) is 4.96. The normalized spacial score (nSPS) is 12.0. The molecule has 1 N–H and O–H groups in total. The van der Waals surface area contributed by atoms with Gasteiger partial charge in [0.25, 0.3) is 0 Å². The number of aryl methyl sites for hydroxylation is 3. The lowest BCUT2D eigenvalue weighted by atomic mass is 10.1. The van der Waals surface area contributed by atoms with Gasteiger partial charge in [-0.1, -0.05) is 60.4 Å². The molecule has 4 nitrogen and oxygen atoms in total. The number of hydrogen-bond acceptors (Lipinski definition) is 6. The van der Waals surface area contributed by atoms with Crippen LogP contribution >= 0.6 is 23.1 Å². The maximum atomic E-state index is 12.6. The molecule has 6 heteroatoms. The van der Waals surface area contributed by atoms with E-state index in [2.05, 4.69) is 48.4 Å². The van der Waals surface area contributed by atoms with E-state index < -0.39 is 0 Å². The van der Waals surface area contributed by atoms with Crippen LogP contribution in [0.5, 0.6) is 0 Å². The predicted molar refractivity (Wildman–Crippen MR) is 115 cm³/mol. The number of anilines is 2. The predicted octanol–water partition coefficient (Wildman–Crippen LogP) is 5.82. The first-order chi connectivity index (χ1) is 13.0. The summed E-state index contributed by atoms with van der Waals surface area (Å²) in [5, 5.41) is 12.2. The van der Waals surface area contributed by atoms with Crippen molar-refractivity contribution in [2.45, 2.75) is 43.7 Å². The Morgan fingerprint density at radius 2 is 1.85 bits per heavy atom. The molecule has 0 spiro atoms. The average molecular weight is 398 g/mol. The first-order valence-electron chi connectivity index (χ1n) is 8.94. The van der Waals surface area contributed by atoms with Gasteiger partial charge >= 0.3 is 0 Å². The largest absolute Gasteiger partial charge is 0.330 e. The van der Waals surface area contributed by atoms with Crippen LogP contribution in [0.15, 0.2) is 46.8 Å². The lowest BCUT2D eigenvalue weighted by molar-refractivity contribution is 0.0994. The standard InChI is InChI=1S/C21H23N3OS2/c1-5-16-7-9-17(10-8-16)19(25)15(4)26-21-24-23-20(27-21)22-18-11-6-13(2)14(3)12-18/h6-12,15H,5H2,1-4H3,(H,22,23)/t15-/m1/s1. The van der Waals surface area contributed by atoms with E-state index in [0.717, 1.165) is 27.1 Å². The second-order valence-electron chi connectivity index (χ2n) is 6.47. The maximum absolute atomic E-state index is 12.6. The zero-order chi connectivity index (χ0) is 19.4. The van der Waals surface area contributed by atoms with Gasteiger partial charge in [0.1, 0.15) is 0 Å². The number of thioether (sulfide) groups is 1. The third-order valence-electron chi connectivity index (χ3n) is 4.46. The molecule has 0 amide bonds. The Morgan fingerprint density at radius 1 is 1.11 bits per heavy atom. The molecule has 2 aromatic carbocycles. The van der Waals surface area contributed by atoms with Gasteiger partial charge in [-0.15, -0.1) is 10.2 Å². The monoisotopic (exact) mass is 397 g/mol. The highest BCUT2D eigenvalue weighted by molar-refractivity contribution is 8.02. The second kappa shape index (κ2) is 8.67. The van der Waals surface area contributed by atoms with E-state index in [1.54, 1.807) is 0 Å². The fraction of sp³-hybridized carbons (Fsp3) is 0.286. The first kappa shape index (κ1) is 19.6. The molecule has 3 rings (SSSR count). The van der Waals surface area contributed by atoms with Crippen LogP contribution in [-0.2, 0) is 6.42 Å².